The van der Waals surface area contributed by atoms with Crippen LogP contribution in [0.1, 0.15) is 12.5 Å². The molecule has 20 heavy (non-hydrogen) atoms. The molecule has 0 spiro atoms. The summed E-state index contributed by atoms with van der Waals surface area (Å²) in [5, 5.41) is 0. The first-order valence-corrected chi connectivity index (χ1v) is 6.99. The van der Waals surface area contributed by atoms with E-state index in [1.807, 2.05) is 31.0 Å². The van der Waals surface area contributed by atoms with E-state index < -0.39 is 0 Å². The second-order valence-corrected chi connectivity index (χ2v) is 5.22. The van der Waals surface area contributed by atoms with Crippen molar-refractivity contribution in [3.63, 3.8) is 0 Å². The van der Waals surface area contributed by atoms with Crippen molar-refractivity contribution in [2.75, 3.05) is 38.3 Å². The minimum absolute atomic E-state index is 0.271. The highest BCUT2D eigenvalue weighted by atomic mass is 16.5. The van der Waals surface area contributed by atoms with E-state index in [0.717, 1.165) is 26.3 Å². The number of carbonyl (C=O) groups is 1. The number of rotatable bonds is 5. The lowest BCUT2D eigenvalue weighted by Crippen LogP contribution is -2.40. The van der Waals surface area contributed by atoms with E-state index in [0.29, 0.717) is 6.54 Å². The van der Waals surface area contributed by atoms with Crippen molar-refractivity contribution in [3.05, 3.63) is 29.8 Å². The number of primary amides is 1. The van der Waals surface area contributed by atoms with Crippen molar-refractivity contribution >= 4 is 11.6 Å². The van der Waals surface area contributed by atoms with Gasteiger partial charge < -0.3 is 15.4 Å². The quantitative estimate of drug-likeness (QED) is 0.866. The summed E-state index contributed by atoms with van der Waals surface area (Å²) < 4.78 is 5.40. The molecule has 0 saturated carbocycles. The zero-order valence-electron chi connectivity index (χ0n) is 12.2. The molecule has 0 aromatic heterocycles. The summed E-state index contributed by atoms with van der Waals surface area (Å²) in [6.07, 6.45) is 0. The molecule has 1 aliphatic rings. The van der Waals surface area contributed by atoms with Gasteiger partial charge in [0, 0.05) is 25.3 Å². The molecule has 5 heteroatoms. The monoisotopic (exact) mass is 277 g/mol. The first kappa shape index (κ1) is 14.8. The first-order chi connectivity index (χ1) is 9.59. The summed E-state index contributed by atoms with van der Waals surface area (Å²) >= 11 is 0. The maximum atomic E-state index is 11.3. The van der Waals surface area contributed by atoms with Gasteiger partial charge in [-0.2, -0.15) is 0 Å². The number of ether oxygens (including phenoxy) is 1. The van der Waals surface area contributed by atoms with Gasteiger partial charge >= 0.3 is 0 Å². The molecule has 1 fully saturated rings. The Morgan fingerprint density at radius 2 is 2.05 bits per heavy atom. The average molecular weight is 277 g/mol. The molecule has 1 aliphatic heterocycles. The van der Waals surface area contributed by atoms with Crippen molar-refractivity contribution in [1.82, 2.24) is 4.90 Å². The Balaban J connectivity index is 2.13. The van der Waals surface area contributed by atoms with Crippen LogP contribution in [0.3, 0.4) is 0 Å². The molecular formula is C15H23N3O2. The normalized spacial score (nSPS) is 17.2. The number of para-hydroxylation sites is 1. The van der Waals surface area contributed by atoms with Crippen LogP contribution in [0, 0.1) is 0 Å². The molecule has 0 aliphatic carbocycles. The van der Waals surface area contributed by atoms with Gasteiger partial charge in [-0.3, -0.25) is 9.69 Å². The van der Waals surface area contributed by atoms with Crippen LogP contribution >= 0.6 is 0 Å². The van der Waals surface area contributed by atoms with E-state index in [1.165, 1.54) is 11.3 Å². The minimum Gasteiger partial charge on any atom is -0.378 e. The SMILES string of the molecule is CC(C(N)=O)N(C)Cc1ccccc1N1CCOCC1. The minimum atomic E-state index is -0.295. The molecule has 2 rings (SSSR count). The fraction of sp³-hybridized carbons (Fsp3) is 0.533. The summed E-state index contributed by atoms with van der Waals surface area (Å²) in [7, 11) is 1.92. The predicted molar refractivity (Wildman–Crippen MR) is 79.6 cm³/mol. The summed E-state index contributed by atoms with van der Waals surface area (Å²) in [6, 6.07) is 8.04. The Morgan fingerprint density at radius 1 is 1.40 bits per heavy atom. The van der Waals surface area contributed by atoms with Crippen LogP contribution in [0.2, 0.25) is 0 Å². The van der Waals surface area contributed by atoms with Crippen LogP contribution in [0.5, 0.6) is 0 Å². The molecule has 1 aromatic rings. The number of likely N-dealkylation sites (N-methyl/N-ethyl adjacent to an activating group) is 1. The zero-order valence-corrected chi connectivity index (χ0v) is 12.2. The number of morpholine rings is 1. The molecule has 5 nitrogen and oxygen atoms in total. The molecule has 2 N–H and O–H groups in total. The fourth-order valence-corrected chi connectivity index (χ4v) is 2.38. The molecule has 1 atom stereocenters. The molecular weight excluding hydrogens is 254 g/mol. The van der Waals surface area contributed by atoms with Gasteiger partial charge in [0.1, 0.15) is 0 Å². The Morgan fingerprint density at radius 3 is 2.70 bits per heavy atom. The molecule has 1 saturated heterocycles. The van der Waals surface area contributed by atoms with Crippen molar-refractivity contribution in [2.45, 2.75) is 19.5 Å². The van der Waals surface area contributed by atoms with Gasteiger partial charge in [-0.25, -0.2) is 0 Å². The summed E-state index contributed by atoms with van der Waals surface area (Å²) in [4.78, 5) is 15.6. The van der Waals surface area contributed by atoms with Gasteiger partial charge in [-0.05, 0) is 25.6 Å². The lowest BCUT2D eigenvalue weighted by atomic mass is 10.1. The Labute approximate surface area is 120 Å². The fourth-order valence-electron chi connectivity index (χ4n) is 2.38. The number of hydrogen-bond acceptors (Lipinski definition) is 4. The number of nitrogens with zero attached hydrogens (tertiary/aromatic N) is 2. The molecule has 110 valence electrons. The maximum absolute atomic E-state index is 11.3. The second kappa shape index (κ2) is 6.72. The van der Waals surface area contributed by atoms with Gasteiger partial charge in [-0.15, -0.1) is 0 Å². The molecule has 1 amide bonds. The smallest absolute Gasteiger partial charge is 0.234 e. The third kappa shape index (κ3) is 3.49. The summed E-state index contributed by atoms with van der Waals surface area (Å²) in [6.45, 7) is 5.89. The van der Waals surface area contributed by atoms with Crippen LogP contribution in [0.15, 0.2) is 24.3 Å². The lowest BCUT2D eigenvalue weighted by molar-refractivity contribution is -0.122. The number of nitrogens with two attached hydrogens (primary N) is 1. The molecule has 0 bridgehead atoms. The topological polar surface area (TPSA) is 58.8 Å². The second-order valence-electron chi connectivity index (χ2n) is 5.22. The first-order valence-electron chi connectivity index (χ1n) is 6.99. The van der Waals surface area contributed by atoms with E-state index in [2.05, 4.69) is 17.0 Å². The maximum Gasteiger partial charge on any atom is 0.234 e. The van der Waals surface area contributed by atoms with Crippen molar-refractivity contribution in [2.24, 2.45) is 5.73 Å². The van der Waals surface area contributed by atoms with Crippen LogP contribution in [0.25, 0.3) is 0 Å². The lowest BCUT2D eigenvalue weighted by Gasteiger charge is -2.32. The van der Waals surface area contributed by atoms with E-state index >= 15 is 0 Å². The Hall–Kier alpha value is -1.59. The van der Waals surface area contributed by atoms with Crippen LogP contribution < -0.4 is 10.6 Å². The molecule has 1 aromatic carbocycles. The van der Waals surface area contributed by atoms with Crippen molar-refractivity contribution in [1.29, 1.82) is 0 Å². The van der Waals surface area contributed by atoms with Gasteiger partial charge in [0.15, 0.2) is 0 Å². The zero-order chi connectivity index (χ0) is 14.5. The third-order valence-corrected chi connectivity index (χ3v) is 3.84. The average Bonchev–Trinajstić information content (AvgIpc) is 2.47. The van der Waals surface area contributed by atoms with E-state index in [-0.39, 0.29) is 11.9 Å². The number of amides is 1. The van der Waals surface area contributed by atoms with Crippen LogP contribution in [0.4, 0.5) is 5.69 Å². The highest BCUT2D eigenvalue weighted by molar-refractivity contribution is 5.79. The number of anilines is 1. The van der Waals surface area contributed by atoms with Gasteiger partial charge in [-0.1, -0.05) is 18.2 Å². The Bertz CT molecular complexity index is 458. The molecule has 1 unspecified atom stereocenters. The van der Waals surface area contributed by atoms with Crippen molar-refractivity contribution in [3.8, 4) is 0 Å². The number of benzene rings is 1. The highest BCUT2D eigenvalue weighted by Gasteiger charge is 2.19. The molecule has 1 heterocycles. The highest BCUT2D eigenvalue weighted by Crippen LogP contribution is 2.23. The predicted octanol–water partition coefficient (Wildman–Crippen LogP) is 0.829. The molecule has 0 radical (unpaired) electrons. The van der Waals surface area contributed by atoms with E-state index in [4.69, 9.17) is 10.5 Å². The van der Waals surface area contributed by atoms with Gasteiger partial charge in [0.05, 0.1) is 19.3 Å². The number of carbonyl (C=O) groups excluding carboxylic acids is 1. The van der Waals surface area contributed by atoms with E-state index in [1.54, 1.807) is 0 Å². The largest absolute Gasteiger partial charge is 0.378 e. The van der Waals surface area contributed by atoms with Gasteiger partial charge in [0.2, 0.25) is 5.91 Å². The van der Waals surface area contributed by atoms with Crippen LogP contribution in [-0.2, 0) is 16.1 Å². The standard InChI is InChI=1S/C15H23N3O2/c1-12(15(16)19)17(2)11-13-5-3-4-6-14(13)18-7-9-20-10-8-18/h3-6,12H,7-11H2,1-2H3,(H2,16,19). The summed E-state index contributed by atoms with van der Waals surface area (Å²) in [5.41, 5.74) is 7.80. The van der Waals surface area contributed by atoms with Gasteiger partial charge in [0.25, 0.3) is 0 Å². The summed E-state index contributed by atoms with van der Waals surface area (Å²) in [5.74, 6) is -0.295. The van der Waals surface area contributed by atoms with Crippen LogP contribution in [-0.4, -0.2) is 50.2 Å². The van der Waals surface area contributed by atoms with E-state index in [9.17, 15) is 4.79 Å². The third-order valence-electron chi connectivity index (χ3n) is 3.84. The Kier molecular flexibility index (Phi) is 4.98. The van der Waals surface area contributed by atoms with Crippen molar-refractivity contribution < 1.29 is 9.53 Å². The number of hydrogen-bond donors (Lipinski definition) is 1.